The van der Waals surface area contributed by atoms with Crippen LogP contribution >= 0.6 is 0 Å². The minimum absolute atomic E-state index is 0.00919. The van der Waals surface area contributed by atoms with E-state index < -0.39 is 13.9 Å². The Morgan fingerprint density at radius 3 is 2.20 bits per heavy atom. The maximum absolute atomic E-state index is 12.2. The summed E-state index contributed by atoms with van der Waals surface area (Å²) < 4.78 is 6.95. The second-order valence-corrected chi connectivity index (χ2v) is 19.9. The largest absolute Gasteiger partial charge is 0.414 e. The van der Waals surface area contributed by atoms with Gasteiger partial charge in [-0.15, -0.1) is 0 Å². The van der Waals surface area contributed by atoms with Crippen LogP contribution in [0.4, 0.5) is 0 Å². The van der Waals surface area contributed by atoms with Gasteiger partial charge in [0.25, 0.3) is 0 Å². The summed E-state index contributed by atoms with van der Waals surface area (Å²) in [6, 6.07) is 8.78. The highest BCUT2D eigenvalue weighted by Gasteiger charge is 2.65. The van der Waals surface area contributed by atoms with Gasteiger partial charge in [0, 0.05) is 11.5 Å². The third-order valence-electron chi connectivity index (χ3n) is 12.6. The lowest BCUT2D eigenvalue weighted by Crippen LogP contribution is -2.56. The predicted molar refractivity (Wildman–Crippen MR) is 149 cm³/mol. The summed E-state index contributed by atoms with van der Waals surface area (Å²) >= 11 is 0. The summed E-state index contributed by atoms with van der Waals surface area (Å²) in [6.07, 6.45) is 11.7. The van der Waals surface area contributed by atoms with Gasteiger partial charge in [0.2, 0.25) is 0 Å². The zero-order valence-electron chi connectivity index (χ0n) is 23.9. The van der Waals surface area contributed by atoms with Crippen molar-refractivity contribution < 1.29 is 9.53 Å². The van der Waals surface area contributed by atoms with Gasteiger partial charge >= 0.3 is 0 Å². The zero-order chi connectivity index (χ0) is 25.4. The minimum Gasteiger partial charge on any atom is -0.414 e. The SMILES string of the molecule is Cc1ccc([C@]2(O)CC[C@H]3[C@@H]4CC[C@H]5C[C@@H](O[Si](C)(C)C(C)(C)C)CC[C@]5(C)[C@H]4CC[C@@]32C)cc1. The molecule has 8 atom stereocenters. The highest BCUT2D eigenvalue weighted by molar-refractivity contribution is 6.74. The van der Waals surface area contributed by atoms with Crippen molar-refractivity contribution in [2.24, 2.45) is 34.5 Å². The second-order valence-electron chi connectivity index (χ2n) is 15.2. The van der Waals surface area contributed by atoms with Crippen LogP contribution in [0.1, 0.15) is 104 Å². The fourth-order valence-electron chi connectivity index (χ4n) is 9.24. The van der Waals surface area contributed by atoms with E-state index in [1.54, 1.807) is 0 Å². The van der Waals surface area contributed by atoms with E-state index in [0.717, 1.165) is 29.7 Å². The van der Waals surface area contributed by atoms with Gasteiger partial charge in [0.1, 0.15) is 0 Å². The molecule has 0 radical (unpaired) electrons. The Kier molecular flexibility index (Phi) is 6.26. The van der Waals surface area contributed by atoms with E-state index in [1.807, 2.05) is 0 Å². The molecule has 2 nitrogen and oxygen atoms in total. The number of hydrogen-bond donors (Lipinski definition) is 1. The van der Waals surface area contributed by atoms with Crippen molar-refractivity contribution in [1.29, 1.82) is 0 Å². The number of fused-ring (bicyclic) bond motifs is 5. The van der Waals surface area contributed by atoms with Crippen LogP contribution in [-0.4, -0.2) is 19.5 Å². The number of aliphatic hydroxyl groups is 1. The van der Waals surface area contributed by atoms with Crippen molar-refractivity contribution in [2.45, 2.75) is 129 Å². The van der Waals surface area contributed by atoms with Crippen LogP contribution in [0.5, 0.6) is 0 Å². The molecule has 0 saturated heterocycles. The molecule has 0 spiro atoms. The Hall–Kier alpha value is -0.643. The van der Waals surface area contributed by atoms with Crippen molar-refractivity contribution in [1.82, 2.24) is 0 Å². The van der Waals surface area contributed by atoms with Gasteiger partial charge in [-0.2, -0.15) is 0 Å². The van der Waals surface area contributed by atoms with Gasteiger partial charge in [-0.05, 0) is 117 Å². The lowest BCUT2D eigenvalue weighted by molar-refractivity contribution is -0.160. The summed E-state index contributed by atoms with van der Waals surface area (Å²) in [6.45, 7) is 19.2. The first-order valence-electron chi connectivity index (χ1n) is 14.7. The average molecular weight is 497 g/mol. The van der Waals surface area contributed by atoms with E-state index in [9.17, 15) is 5.11 Å². The lowest BCUT2D eigenvalue weighted by Gasteiger charge is -2.62. The summed E-state index contributed by atoms with van der Waals surface area (Å²) in [5.41, 5.74) is 2.25. The molecule has 5 rings (SSSR count). The molecule has 0 heterocycles. The van der Waals surface area contributed by atoms with Crippen molar-refractivity contribution in [3.05, 3.63) is 35.4 Å². The van der Waals surface area contributed by atoms with E-state index >= 15 is 0 Å². The molecule has 0 aromatic heterocycles. The first kappa shape index (κ1) is 26.0. The van der Waals surface area contributed by atoms with Crippen LogP contribution < -0.4 is 0 Å². The Bertz CT molecular complexity index is 932. The van der Waals surface area contributed by atoms with Crippen molar-refractivity contribution in [2.75, 3.05) is 0 Å². The fraction of sp³-hybridized carbons (Fsp3) is 0.812. The van der Waals surface area contributed by atoms with Crippen LogP contribution in [0.2, 0.25) is 18.1 Å². The van der Waals surface area contributed by atoms with Crippen LogP contribution in [0.15, 0.2) is 24.3 Å². The van der Waals surface area contributed by atoms with Gasteiger partial charge < -0.3 is 9.53 Å². The highest BCUT2D eigenvalue weighted by atomic mass is 28.4. The van der Waals surface area contributed by atoms with E-state index in [2.05, 4.69) is 78.9 Å². The van der Waals surface area contributed by atoms with Gasteiger partial charge in [0.05, 0.1) is 5.60 Å². The Morgan fingerprint density at radius 2 is 1.54 bits per heavy atom. The maximum Gasteiger partial charge on any atom is 0.192 e. The van der Waals surface area contributed by atoms with Gasteiger partial charge in [0.15, 0.2) is 8.32 Å². The van der Waals surface area contributed by atoms with E-state index in [4.69, 9.17) is 4.43 Å². The highest BCUT2D eigenvalue weighted by Crippen LogP contribution is 2.70. The molecule has 4 fully saturated rings. The topological polar surface area (TPSA) is 29.5 Å². The molecule has 1 N–H and O–H groups in total. The molecule has 0 unspecified atom stereocenters. The minimum atomic E-state index is -1.72. The summed E-state index contributed by atoms with van der Waals surface area (Å²) in [5.74, 6) is 3.08. The normalized spacial score (nSPS) is 43.9. The van der Waals surface area contributed by atoms with E-state index in [1.165, 1.54) is 56.9 Å². The standard InChI is InChI=1S/C32H52O2Si/c1-22-9-11-23(12-10-22)32(33)20-17-28-26-14-13-24-21-25(34-35(7,8)29(2,3)4)15-18-30(24,5)27(26)16-19-31(28,32)6/h9-12,24-28,33H,13-21H2,1-8H3/t24-,25-,26+,27-,28-,30-,31-,32+/m0/s1. The van der Waals surface area contributed by atoms with Crippen molar-refractivity contribution in [3.8, 4) is 0 Å². The van der Waals surface area contributed by atoms with E-state index in [0.29, 0.717) is 17.4 Å². The Labute approximate surface area is 216 Å². The average Bonchev–Trinajstić information content (AvgIpc) is 3.05. The molecule has 0 amide bonds. The molecule has 4 saturated carbocycles. The molecule has 1 aromatic carbocycles. The number of benzene rings is 1. The predicted octanol–water partition coefficient (Wildman–Crippen LogP) is 8.62. The monoisotopic (exact) mass is 496 g/mol. The van der Waals surface area contributed by atoms with Crippen molar-refractivity contribution in [3.63, 3.8) is 0 Å². The van der Waals surface area contributed by atoms with Gasteiger partial charge in [-0.25, -0.2) is 0 Å². The summed E-state index contributed by atoms with van der Waals surface area (Å²) in [4.78, 5) is 0. The molecule has 3 heteroatoms. The van der Waals surface area contributed by atoms with E-state index in [-0.39, 0.29) is 10.5 Å². The quantitative estimate of drug-likeness (QED) is 0.424. The van der Waals surface area contributed by atoms with Crippen LogP contribution in [-0.2, 0) is 10.0 Å². The zero-order valence-corrected chi connectivity index (χ0v) is 24.9. The van der Waals surface area contributed by atoms with Crippen LogP contribution in [0, 0.1) is 41.4 Å². The molecular weight excluding hydrogens is 444 g/mol. The number of rotatable bonds is 3. The fourth-order valence-corrected chi connectivity index (χ4v) is 10.6. The Balaban J connectivity index is 1.34. The molecule has 0 aliphatic heterocycles. The smallest absolute Gasteiger partial charge is 0.192 e. The molecular formula is C32H52O2Si. The third kappa shape index (κ3) is 3.93. The molecule has 4 aliphatic rings. The second kappa shape index (κ2) is 8.43. The first-order valence-corrected chi connectivity index (χ1v) is 17.6. The Morgan fingerprint density at radius 1 is 0.886 bits per heavy atom. The molecule has 4 aliphatic carbocycles. The van der Waals surface area contributed by atoms with Gasteiger partial charge in [-0.1, -0.05) is 64.4 Å². The maximum atomic E-state index is 12.2. The summed E-state index contributed by atoms with van der Waals surface area (Å²) in [7, 11) is -1.72. The number of aryl methyl sites for hydroxylation is 1. The molecule has 35 heavy (non-hydrogen) atoms. The molecule has 1 aromatic rings. The first-order chi connectivity index (χ1) is 16.2. The third-order valence-corrected chi connectivity index (χ3v) is 17.1. The summed E-state index contributed by atoms with van der Waals surface area (Å²) in [5, 5.41) is 12.5. The van der Waals surface area contributed by atoms with Crippen molar-refractivity contribution >= 4 is 8.32 Å². The van der Waals surface area contributed by atoms with Crippen LogP contribution in [0.25, 0.3) is 0 Å². The molecule has 196 valence electrons. The molecule has 0 bridgehead atoms. The number of hydrogen-bond acceptors (Lipinski definition) is 2. The van der Waals surface area contributed by atoms with Crippen LogP contribution in [0.3, 0.4) is 0 Å². The van der Waals surface area contributed by atoms with Gasteiger partial charge in [-0.3, -0.25) is 0 Å². The lowest BCUT2D eigenvalue weighted by atomic mass is 9.44.